The lowest BCUT2D eigenvalue weighted by atomic mass is 9.91. The molecular weight excluding hydrogens is 441 g/mol. The van der Waals surface area contributed by atoms with Gasteiger partial charge < -0.3 is 10.6 Å². The van der Waals surface area contributed by atoms with Gasteiger partial charge in [-0.2, -0.15) is 13.2 Å². The van der Waals surface area contributed by atoms with Gasteiger partial charge in [0, 0.05) is 23.9 Å². The maximum absolute atomic E-state index is 13.2. The maximum atomic E-state index is 13.2. The fourth-order valence-electron chi connectivity index (χ4n) is 4.23. The molecule has 2 aromatic carbocycles. The van der Waals surface area contributed by atoms with Crippen LogP contribution in [-0.2, 0) is 11.0 Å². The number of hydrogen-bond acceptors (Lipinski definition) is 4. The average Bonchev–Trinajstić information content (AvgIpc) is 3.56. The van der Waals surface area contributed by atoms with Crippen molar-refractivity contribution < 1.29 is 18.0 Å². The summed E-state index contributed by atoms with van der Waals surface area (Å²) in [4.78, 5) is 21.4. The van der Waals surface area contributed by atoms with Gasteiger partial charge in [0.1, 0.15) is 11.6 Å². The van der Waals surface area contributed by atoms with Crippen LogP contribution in [0.1, 0.15) is 73.1 Å². The van der Waals surface area contributed by atoms with E-state index >= 15 is 0 Å². The second-order valence-electron chi connectivity index (χ2n) is 9.28. The third kappa shape index (κ3) is 5.48. The van der Waals surface area contributed by atoms with Crippen molar-refractivity contribution in [2.24, 2.45) is 0 Å². The first-order valence-electron chi connectivity index (χ1n) is 11.5. The molecule has 1 aliphatic rings. The molecule has 1 heterocycles. The molecule has 4 rings (SSSR count). The SMILES string of the molecule is Cc1nc(N[C@@H](C)c2cccc(C(F)(F)F)c2)c2cc(C(C)CC(=O)NC3CC3)c(C)cc2n1. The number of alkyl halides is 3. The lowest BCUT2D eigenvalue weighted by Crippen LogP contribution is -2.26. The molecule has 2 N–H and O–H groups in total. The van der Waals surface area contributed by atoms with Crippen LogP contribution in [0.2, 0.25) is 0 Å². The number of nitrogens with zero attached hydrogens (tertiary/aromatic N) is 2. The molecule has 8 heteroatoms. The summed E-state index contributed by atoms with van der Waals surface area (Å²) in [6, 6.07) is 9.19. The van der Waals surface area contributed by atoms with Gasteiger partial charge in [-0.3, -0.25) is 4.79 Å². The zero-order valence-corrected chi connectivity index (χ0v) is 19.8. The largest absolute Gasteiger partial charge is 0.416 e. The van der Waals surface area contributed by atoms with Gasteiger partial charge in [-0.1, -0.05) is 19.1 Å². The van der Waals surface area contributed by atoms with Gasteiger partial charge in [-0.15, -0.1) is 0 Å². The number of aromatic nitrogens is 2. The summed E-state index contributed by atoms with van der Waals surface area (Å²) in [5, 5.41) is 7.09. The highest BCUT2D eigenvalue weighted by molar-refractivity contribution is 5.91. The van der Waals surface area contributed by atoms with Crippen molar-refractivity contribution in [3.05, 3.63) is 64.5 Å². The fourth-order valence-corrected chi connectivity index (χ4v) is 4.23. The first-order valence-corrected chi connectivity index (χ1v) is 11.5. The number of hydrogen-bond donors (Lipinski definition) is 2. The first-order chi connectivity index (χ1) is 16.0. The molecular formula is C26H29F3N4O. The lowest BCUT2D eigenvalue weighted by molar-refractivity contribution is -0.137. The van der Waals surface area contributed by atoms with E-state index in [4.69, 9.17) is 0 Å². The van der Waals surface area contributed by atoms with E-state index in [1.54, 1.807) is 19.9 Å². The van der Waals surface area contributed by atoms with Crippen LogP contribution in [0.3, 0.4) is 0 Å². The molecule has 0 radical (unpaired) electrons. The molecule has 0 spiro atoms. The van der Waals surface area contributed by atoms with Gasteiger partial charge in [0.15, 0.2) is 0 Å². The number of anilines is 1. The van der Waals surface area contributed by atoms with Crippen molar-refractivity contribution in [2.45, 2.75) is 71.1 Å². The number of benzene rings is 2. The summed E-state index contributed by atoms with van der Waals surface area (Å²) in [5.74, 6) is 1.17. The van der Waals surface area contributed by atoms with Gasteiger partial charge in [-0.25, -0.2) is 9.97 Å². The molecule has 1 unspecified atom stereocenters. The number of rotatable bonds is 7. The van der Waals surface area contributed by atoms with Crippen molar-refractivity contribution in [1.82, 2.24) is 15.3 Å². The van der Waals surface area contributed by atoms with E-state index in [9.17, 15) is 18.0 Å². The van der Waals surface area contributed by atoms with Crippen molar-refractivity contribution >= 4 is 22.6 Å². The third-order valence-electron chi connectivity index (χ3n) is 6.23. The number of carbonyl (C=O) groups excluding carboxylic acids is 1. The molecule has 1 saturated carbocycles. The maximum Gasteiger partial charge on any atom is 0.416 e. The van der Waals surface area contributed by atoms with Crippen LogP contribution in [0.25, 0.3) is 10.9 Å². The lowest BCUT2D eigenvalue weighted by Gasteiger charge is -2.20. The molecule has 5 nitrogen and oxygen atoms in total. The second-order valence-corrected chi connectivity index (χ2v) is 9.28. The Morgan fingerprint density at radius 1 is 1.12 bits per heavy atom. The average molecular weight is 471 g/mol. The van der Waals surface area contributed by atoms with E-state index in [0.717, 1.165) is 47.0 Å². The number of aryl methyl sites for hydroxylation is 2. The van der Waals surface area contributed by atoms with Crippen molar-refractivity contribution in [1.29, 1.82) is 0 Å². The van der Waals surface area contributed by atoms with Crippen LogP contribution in [0, 0.1) is 13.8 Å². The first kappa shape index (κ1) is 24.0. The standard InChI is InChI=1S/C26H29F3N4O/c1-14-10-23-22(13-21(14)15(2)11-24(34)33-20-8-9-20)25(32-17(4)31-23)30-16(3)18-6-5-7-19(12-18)26(27,28)29/h5-7,10,12-13,15-16,20H,8-9,11H2,1-4H3,(H,33,34)(H,30,31,32)/t15?,16-/m0/s1. The smallest absolute Gasteiger partial charge is 0.363 e. The minimum atomic E-state index is -4.40. The van der Waals surface area contributed by atoms with Crippen LogP contribution in [-0.4, -0.2) is 21.9 Å². The molecule has 1 fully saturated rings. The van der Waals surface area contributed by atoms with Crippen molar-refractivity contribution in [3.8, 4) is 0 Å². The predicted molar refractivity (Wildman–Crippen MR) is 127 cm³/mol. The highest BCUT2D eigenvalue weighted by Crippen LogP contribution is 2.34. The van der Waals surface area contributed by atoms with E-state index in [2.05, 4.69) is 20.6 Å². The molecule has 0 saturated heterocycles. The van der Waals surface area contributed by atoms with Crippen LogP contribution >= 0.6 is 0 Å². The van der Waals surface area contributed by atoms with Gasteiger partial charge >= 0.3 is 6.18 Å². The minimum Gasteiger partial charge on any atom is -0.363 e. The highest BCUT2D eigenvalue weighted by atomic mass is 19.4. The summed E-state index contributed by atoms with van der Waals surface area (Å²) < 4.78 is 39.5. The van der Waals surface area contributed by atoms with Gasteiger partial charge in [0.05, 0.1) is 11.1 Å². The van der Waals surface area contributed by atoms with Crippen molar-refractivity contribution in [3.63, 3.8) is 0 Å². The summed E-state index contributed by atoms with van der Waals surface area (Å²) >= 11 is 0. The quantitative estimate of drug-likeness (QED) is 0.431. The normalized spacial score (nSPS) is 15.7. The summed E-state index contributed by atoms with van der Waals surface area (Å²) in [7, 11) is 0. The zero-order valence-electron chi connectivity index (χ0n) is 19.8. The van der Waals surface area contributed by atoms with Gasteiger partial charge in [-0.05, 0) is 80.5 Å². The van der Waals surface area contributed by atoms with E-state index in [1.165, 1.54) is 6.07 Å². The molecule has 1 aromatic heterocycles. The topological polar surface area (TPSA) is 66.9 Å². The van der Waals surface area contributed by atoms with Gasteiger partial charge in [0.25, 0.3) is 0 Å². The zero-order chi connectivity index (χ0) is 24.6. The summed E-state index contributed by atoms with van der Waals surface area (Å²) in [5.41, 5.74) is 2.65. The van der Waals surface area contributed by atoms with Crippen molar-refractivity contribution in [2.75, 3.05) is 5.32 Å². The Bertz CT molecular complexity index is 1220. The fraction of sp³-hybridized carbons (Fsp3) is 0.423. The number of nitrogens with one attached hydrogen (secondary N) is 2. The minimum absolute atomic E-state index is 0.00167. The Kier molecular flexibility index (Phi) is 6.51. The molecule has 0 bridgehead atoms. The highest BCUT2D eigenvalue weighted by Gasteiger charge is 2.31. The molecule has 2 atom stereocenters. The third-order valence-corrected chi connectivity index (χ3v) is 6.23. The van der Waals surface area contributed by atoms with Crippen LogP contribution in [0.5, 0.6) is 0 Å². The molecule has 1 aliphatic carbocycles. The number of halogens is 3. The Labute approximate surface area is 197 Å². The second kappa shape index (κ2) is 9.24. The monoisotopic (exact) mass is 470 g/mol. The molecule has 180 valence electrons. The number of carbonyl (C=O) groups is 1. The number of amides is 1. The molecule has 34 heavy (non-hydrogen) atoms. The van der Waals surface area contributed by atoms with E-state index in [0.29, 0.717) is 29.7 Å². The van der Waals surface area contributed by atoms with Gasteiger partial charge in [0.2, 0.25) is 5.91 Å². The predicted octanol–water partition coefficient (Wildman–Crippen LogP) is 6.21. The Balaban J connectivity index is 1.64. The van der Waals surface area contributed by atoms with E-state index in [1.807, 2.05) is 26.0 Å². The summed E-state index contributed by atoms with van der Waals surface area (Å²) in [6.07, 6.45) is -1.92. The van der Waals surface area contributed by atoms with E-state index < -0.39 is 17.8 Å². The Morgan fingerprint density at radius 3 is 2.53 bits per heavy atom. The number of fused-ring (bicyclic) bond motifs is 1. The van der Waals surface area contributed by atoms with E-state index in [-0.39, 0.29) is 11.8 Å². The molecule has 0 aliphatic heterocycles. The summed E-state index contributed by atoms with van der Waals surface area (Å²) in [6.45, 7) is 7.61. The Hall–Kier alpha value is -3.16. The van der Waals surface area contributed by atoms with Crippen LogP contribution in [0.15, 0.2) is 36.4 Å². The molecule has 1 amide bonds. The van der Waals surface area contributed by atoms with Crippen LogP contribution < -0.4 is 10.6 Å². The Morgan fingerprint density at radius 2 is 1.85 bits per heavy atom. The van der Waals surface area contributed by atoms with Crippen LogP contribution in [0.4, 0.5) is 19.0 Å². The molecule has 3 aromatic rings.